The molecule has 1 amide bonds. The van der Waals surface area contributed by atoms with E-state index in [4.69, 9.17) is 4.74 Å². The van der Waals surface area contributed by atoms with Gasteiger partial charge >= 0.3 is 0 Å². The Morgan fingerprint density at radius 3 is 2.72 bits per heavy atom. The van der Waals surface area contributed by atoms with Gasteiger partial charge in [0.1, 0.15) is 17.3 Å². The molecule has 1 aromatic heterocycles. The molecule has 1 N–H and O–H groups in total. The van der Waals surface area contributed by atoms with E-state index in [1.54, 1.807) is 4.90 Å². The van der Waals surface area contributed by atoms with Crippen molar-refractivity contribution in [1.82, 2.24) is 9.88 Å². The van der Waals surface area contributed by atoms with E-state index in [1.165, 1.54) is 6.07 Å². The molecule has 7 heteroatoms. The molecule has 29 heavy (non-hydrogen) atoms. The number of carbonyl (C=O) groups excluding carboxylic acids is 1. The van der Waals surface area contributed by atoms with Gasteiger partial charge in [-0.1, -0.05) is 28.1 Å². The number of benzene rings is 2. The third-order valence-corrected chi connectivity index (χ3v) is 5.96. The molecule has 3 aromatic rings. The zero-order valence-electron chi connectivity index (χ0n) is 16.0. The van der Waals surface area contributed by atoms with Crippen LogP contribution in [0.15, 0.2) is 40.9 Å². The van der Waals surface area contributed by atoms with Gasteiger partial charge in [-0.05, 0) is 55.2 Å². The monoisotopic (exact) mass is 462 g/mol. The number of nitrogens with zero attached hydrogens (tertiary/aromatic N) is 1. The fourth-order valence-corrected chi connectivity index (χ4v) is 4.29. The average molecular weight is 463 g/mol. The Morgan fingerprint density at radius 1 is 1.24 bits per heavy atom. The molecule has 0 bridgehead atoms. The molecule has 0 spiro atoms. The summed E-state index contributed by atoms with van der Waals surface area (Å²) in [5.41, 5.74) is 2.22. The van der Waals surface area contributed by atoms with Crippen molar-refractivity contribution in [2.45, 2.75) is 32.4 Å². The first-order valence-corrected chi connectivity index (χ1v) is 10.3. The fraction of sp³-hybridized carbons (Fsp3) is 0.318. The highest BCUT2D eigenvalue weighted by Crippen LogP contribution is 2.25. The minimum atomic E-state index is -0.590. The first-order chi connectivity index (χ1) is 13.9. The summed E-state index contributed by atoms with van der Waals surface area (Å²) in [7, 11) is 0. The summed E-state index contributed by atoms with van der Waals surface area (Å²) in [6.45, 7) is 3.46. The van der Waals surface area contributed by atoms with Gasteiger partial charge in [0.15, 0.2) is 0 Å². The van der Waals surface area contributed by atoms with E-state index >= 15 is 0 Å². The molecule has 4 rings (SSSR count). The van der Waals surface area contributed by atoms with E-state index in [-0.39, 0.29) is 28.6 Å². The van der Waals surface area contributed by atoms with Gasteiger partial charge in [0, 0.05) is 29.6 Å². The van der Waals surface area contributed by atoms with Crippen molar-refractivity contribution in [2.75, 3.05) is 13.2 Å². The van der Waals surface area contributed by atoms with E-state index in [2.05, 4.69) is 20.9 Å². The predicted molar refractivity (Wildman–Crippen MR) is 111 cm³/mol. The number of halogens is 3. The number of H-pyrrole nitrogens is 1. The van der Waals surface area contributed by atoms with Crippen LogP contribution >= 0.6 is 15.9 Å². The minimum absolute atomic E-state index is 0.00179. The van der Waals surface area contributed by atoms with Crippen molar-refractivity contribution in [3.63, 3.8) is 0 Å². The summed E-state index contributed by atoms with van der Waals surface area (Å²) >= 11 is 3.56. The van der Waals surface area contributed by atoms with Crippen LogP contribution < -0.4 is 0 Å². The molecular weight excluding hydrogens is 442 g/mol. The maximum absolute atomic E-state index is 14.1. The van der Waals surface area contributed by atoms with Gasteiger partial charge in [-0.15, -0.1) is 0 Å². The first kappa shape index (κ1) is 20.0. The molecular formula is C22H21BrF2N2O2. The fourth-order valence-electron chi connectivity index (χ4n) is 3.68. The Balaban J connectivity index is 1.67. The highest BCUT2D eigenvalue weighted by atomic mass is 79.9. The molecule has 1 aliphatic heterocycles. The molecule has 2 heterocycles. The third-order valence-electron chi connectivity index (χ3n) is 5.23. The van der Waals surface area contributed by atoms with Crippen LogP contribution in [-0.2, 0) is 11.3 Å². The Bertz CT molecular complexity index is 1020. The number of hydrogen-bond donors (Lipinski definition) is 1. The van der Waals surface area contributed by atoms with Crippen LogP contribution in [0.4, 0.5) is 8.78 Å². The Morgan fingerprint density at radius 2 is 2.03 bits per heavy atom. The highest BCUT2D eigenvalue weighted by Gasteiger charge is 2.26. The number of aryl methyl sites for hydroxylation is 1. The van der Waals surface area contributed by atoms with Crippen molar-refractivity contribution in [3.8, 4) is 0 Å². The number of aromatic nitrogens is 1. The number of hydrogen-bond acceptors (Lipinski definition) is 2. The van der Waals surface area contributed by atoms with Crippen molar-refractivity contribution >= 4 is 32.7 Å². The quantitative estimate of drug-likeness (QED) is 0.556. The van der Waals surface area contributed by atoms with Crippen LogP contribution in [0.25, 0.3) is 10.9 Å². The van der Waals surface area contributed by atoms with Crippen molar-refractivity contribution in [1.29, 1.82) is 0 Å². The summed E-state index contributed by atoms with van der Waals surface area (Å²) < 4.78 is 34.8. The van der Waals surface area contributed by atoms with E-state index in [1.807, 2.05) is 25.1 Å². The van der Waals surface area contributed by atoms with E-state index in [0.717, 1.165) is 40.6 Å². The van der Waals surface area contributed by atoms with Gasteiger partial charge in [0.25, 0.3) is 5.91 Å². The Labute approximate surface area is 176 Å². The lowest BCUT2D eigenvalue weighted by atomic mass is 10.1. The average Bonchev–Trinajstić information content (AvgIpc) is 3.36. The number of rotatable bonds is 5. The largest absolute Gasteiger partial charge is 0.376 e. The van der Waals surface area contributed by atoms with E-state index in [0.29, 0.717) is 19.7 Å². The molecule has 1 unspecified atom stereocenters. The van der Waals surface area contributed by atoms with E-state index in [9.17, 15) is 13.6 Å². The minimum Gasteiger partial charge on any atom is -0.376 e. The summed E-state index contributed by atoms with van der Waals surface area (Å²) in [6, 6.07) is 9.45. The van der Waals surface area contributed by atoms with Crippen molar-refractivity contribution in [3.05, 3.63) is 69.3 Å². The number of aromatic amines is 1. The molecule has 152 valence electrons. The lowest BCUT2D eigenvalue weighted by Gasteiger charge is -2.26. The van der Waals surface area contributed by atoms with Crippen molar-refractivity contribution < 1.29 is 18.3 Å². The van der Waals surface area contributed by atoms with Crippen LogP contribution in [0.1, 0.15) is 34.5 Å². The summed E-state index contributed by atoms with van der Waals surface area (Å²) in [6.07, 6.45) is 1.81. The van der Waals surface area contributed by atoms with Gasteiger partial charge in [-0.2, -0.15) is 0 Å². The smallest absolute Gasteiger partial charge is 0.270 e. The van der Waals surface area contributed by atoms with Crippen molar-refractivity contribution in [2.24, 2.45) is 0 Å². The van der Waals surface area contributed by atoms with Crippen LogP contribution in [-0.4, -0.2) is 35.0 Å². The topological polar surface area (TPSA) is 45.3 Å². The van der Waals surface area contributed by atoms with Gasteiger partial charge in [0.05, 0.1) is 11.6 Å². The molecule has 1 atom stereocenters. The maximum atomic E-state index is 14.1. The second-order valence-electron chi connectivity index (χ2n) is 7.42. The van der Waals surface area contributed by atoms with Crippen LogP contribution in [0.3, 0.4) is 0 Å². The van der Waals surface area contributed by atoms with E-state index < -0.39 is 11.6 Å². The Kier molecular flexibility index (Phi) is 5.69. The molecule has 0 aliphatic carbocycles. The standard InChI is InChI=1S/C22H21BrF2N2O2/c1-13-4-5-14(17(23)9-13)11-27(12-15-3-2-8-29-15)22(28)20-10-16-18(24)6-7-19(25)21(16)26-20/h4-7,9-10,15,26H,2-3,8,11-12H2,1H3. The number of nitrogens with one attached hydrogen (secondary N) is 1. The second kappa shape index (κ2) is 8.24. The summed E-state index contributed by atoms with van der Waals surface area (Å²) in [5.74, 6) is -1.47. The van der Waals surface area contributed by atoms with Crippen LogP contribution in [0.2, 0.25) is 0 Å². The molecule has 1 fully saturated rings. The molecule has 1 aliphatic rings. The number of ether oxygens (including phenoxy) is 1. The lowest BCUT2D eigenvalue weighted by molar-refractivity contribution is 0.0503. The highest BCUT2D eigenvalue weighted by molar-refractivity contribution is 9.10. The molecule has 0 radical (unpaired) electrons. The number of amides is 1. The third kappa shape index (κ3) is 4.21. The first-order valence-electron chi connectivity index (χ1n) is 9.55. The van der Waals surface area contributed by atoms with Gasteiger partial charge in [-0.25, -0.2) is 8.78 Å². The molecule has 2 aromatic carbocycles. The van der Waals surface area contributed by atoms with Gasteiger partial charge in [0.2, 0.25) is 0 Å². The normalized spacial score (nSPS) is 16.5. The maximum Gasteiger partial charge on any atom is 0.270 e. The predicted octanol–water partition coefficient (Wildman–Crippen LogP) is 5.34. The summed E-state index contributed by atoms with van der Waals surface area (Å²) in [4.78, 5) is 17.7. The molecule has 1 saturated heterocycles. The second-order valence-corrected chi connectivity index (χ2v) is 8.27. The van der Waals surface area contributed by atoms with Crippen LogP contribution in [0, 0.1) is 18.6 Å². The zero-order valence-corrected chi connectivity index (χ0v) is 17.6. The number of carbonyl (C=O) groups is 1. The summed E-state index contributed by atoms with van der Waals surface area (Å²) in [5, 5.41) is 0.0712. The van der Waals surface area contributed by atoms with Gasteiger partial charge in [-0.3, -0.25) is 4.79 Å². The molecule has 0 saturated carbocycles. The zero-order chi connectivity index (χ0) is 20.5. The Hall–Kier alpha value is -2.25. The number of fused-ring (bicyclic) bond motifs is 1. The SMILES string of the molecule is Cc1ccc(CN(CC2CCCO2)C(=O)c2cc3c(F)ccc(F)c3[nH]2)c(Br)c1. The van der Waals surface area contributed by atoms with Crippen LogP contribution in [0.5, 0.6) is 0 Å². The lowest BCUT2D eigenvalue weighted by Crippen LogP contribution is -2.37. The van der Waals surface area contributed by atoms with Gasteiger partial charge < -0.3 is 14.6 Å². The molecule has 4 nitrogen and oxygen atoms in total.